The van der Waals surface area contributed by atoms with E-state index < -0.39 is 0 Å². The van der Waals surface area contributed by atoms with E-state index in [0.717, 1.165) is 27.2 Å². The normalized spacial score (nSPS) is 10.7. The first-order valence-electron chi connectivity index (χ1n) is 9.84. The van der Waals surface area contributed by atoms with Crippen LogP contribution >= 0.6 is 11.3 Å². The van der Waals surface area contributed by atoms with Crippen molar-refractivity contribution in [2.45, 2.75) is 13.3 Å². The first kappa shape index (κ1) is 19.9. The highest BCUT2D eigenvalue weighted by Gasteiger charge is 2.13. The van der Waals surface area contributed by atoms with Crippen molar-refractivity contribution in [3.05, 3.63) is 72.8 Å². The smallest absolute Gasteiger partial charge is 0.262 e. The molecule has 30 heavy (non-hydrogen) atoms. The summed E-state index contributed by atoms with van der Waals surface area (Å²) in [4.78, 5) is 17.3. The third-order valence-corrected chi connectivity index (χ3v) is 5.46. The summed E-state index contributed by atoms with van der Waals surface area (Å²) in [5, 5.41) is 3.82. The number of carbonyl (C=O) groups is 1. The zero-order valence-electron chi connectivity index (χ0n) is 16.6. The number of nitrogens with zero attached hydrogens (tertiary/aromatic N) is 1. The Hall–Kier alpha value is -3.38. The Bertz CT molecular complexity index is 1120. The number of para-hydroxylation sites is 4. The first-order chi connectivity index (χ1) is 14.7. The lowest BCUT2D eigenvalue weighted by Crippen LogP contribution is -2.20. The number of fused-ring (bicyclic) bond motifs is 1. The fourth-order valence-electron chi connectivity index (χ4n) is 3.00. The Morgan fingerprint density at radius 3 is 2.43 bits per heavy atom. The summed E-state index contributed by atoms with van der Waals surface area (Å²) in [6, 6.07) is 23.0. The number of hydrogen-bond donors (Lipinski definition) is 1. The van der Waals surface area contributed by atoms with Crippen LogP contribution in [-0.4, -0.2) is 24.1 Å². The zero-order valence-corrected chi connectivity index (χ0v) is 17.4. The fraction of sp³-hybridized carbons (Fsp3) is 0.167. The molecule has 0 aliphatic rings. The number of anilines is 1. The van der Waals surface area contributed by atoms with Gasteiger partial charge in [-0.3, -0.25) is 4.79 Å². The van der Waals surface area contributed by atoms with Crippen molar-refractivity contribution in [1.82, 2.24) is 4.98 Å². The lowest BCUT2D eigenvalue weighted by molar-refractivity contribution is -0.118. The number of thiazole rings is 1. The van der Waals surface area contributed by atoms with Crippen molar-refractivity contribution in [2.24, 2.45) is 0 Å². The molecule has 0 aliphatic carbocycles. The third kappa shape index (κ3) is 4.60. The fourth-order valence-corrected chi connectivity index (χ4v) is 4.00. The maximum Gasteiger partial charge on any atom is 0.262 e. The van der Waals surface area contributed by atoms with Crippen LogP contribution < -0.4 is 14.8 Å². The van der Waals surface area contributed by atoms with Crippen LogP contribution in [0.2, 0.25) is 0 Å². The van der Waals surface area contributed by atoms with E-state index in [1.54, 1.807) is 17.4 Å². The number of hydrogen-bond acceptors (Lipinski definition) is 5. The Kier molecular flexibility index (Phi) is 6.25. The van der Waals surface area contributed by atoms with Gasteiger partial charge in [0.2, 0.25) is 0 Å². The summed E-state index contributed by atoms with van der Waals surface area (Å²) >= 11 is 1.60. The van der Waals surface area contributed by atoms with Crippen molar-refractivity contribution in [2.75, 3.05) is 18.5 Å². The quantitative estimate of drug-likeness (QED) is 0.395. The lowest BCUT2D eigenvalue weighted by Gasteiger charge is -2.13. The van der Waals surface area contributed by atoms with E-state index in [0.29, 0.717) is 23.8 Å². The second-order valence-electron chi connectivity index (χ2n) is 6.66. The molecule has 0 spiro atoms. The second kappa shape index (κ2) is 9.41. The molecule has 4 aromatic rings. The molecule has 0 saturated carbocycles. The van der Waals surface area contributed by atoms with Crippen LogP contribution in [-0.2, 0) is 4.79 Å². The Labute approximate surface area is 179 Å². The van der Waals surface area contributed by atoms with Crippen LogP contribution in [0.3, 0.4) is 0 Å². The number of carbonyl (C=O) groups excluding carboxylic acids is 1. The van der Waals surface area contributed by atoms with E-state index >= 15 is 0 Å². The highest BCUT2D eigenvalue weighted by Crippen LogP contribution is 2.34. The van der Waals surface area contributed by atoms with E-state index in [4.69, 9.17) is 14.5 Å². The number of ether oxygens (including phenoxy) is 2. The molecule has 152 valence electrons. The van der Waals surface area contributed by atoms with Crippen molar-refractivity contribution >= 4 is 33.1 Å². The first-order valence-corrected chi connectivity index (χ1v) is 10.7. The monoisotopic (exact) mass is 418 g/mol. The minimum Gasteiger partial charge on any atom is -0.490 e. The number of rotatable bonds is 8. The molecule has 0 fully saturated rings. The maximum atomic E-state index is 12.6. The maximum absolute atomic E-state index is 12.6. The van der Waals surface area contributed by atoms with Gasteiger partial charge in [-0.15, -0.1) is 11.3 Å². The van der Waals surface area contributed by atoms with Gasteiger partial charge in [-0.1, -0.05) is 43.3 Å². The van der Waals surface area contributed by atoms with Gasteiger partial charge in [-0.25, -0.2) is 4.98 Å². The molecule has 0 aliphatic heterocycles. The summed E-state index contributed by atoms with van der Waals surface area (Å²) in [6.45, 7) is 2.53. The second-order valence-corrected chi connectivity index (χ2v) is 7.70. The largest absolute Gasteiger partial charge is 0.490 e. The van der Waals surface area contributed by atoms with E-state index in [1.165, 1.54) is 0 Å². The van der Waals surface area contributed by atoms with Crippen LogP contribution in [0.1, 0.15) is 13.3 Å². The topological polar surface area (TPSA) is 60.5 Å². The molecular formula is C24H22N2O3S. The van der Waals surface area contributed by atoms with Gasteiger partial charge in [0.1, 0.15) is 5.01 Å². The molecular weight excluding hydrogens is 396 g/mol. The standard InChI is InChI=1S/C24H22N2O3S/c1-2-15-28-20-12-6-7-13-21(20)29-16-23(27)25-18-10-4-3-9-17(18)24-26-19-11-5-8-14-22(19)30-24/h3-14H,2,15-16H2,1H3,(H,25,27). The average Bonchev–Trinajstić information content (AvgIpc) is 3.21. The molecule has 3 aromatic carbocycles. The number of amides is 1. The summed E-state index contributed by atoms with van der Waals surface area (Å²) in [7, 11) is 0. The van der Waals surface area contributed by atoms with E-state index in [2.05, 4.69) is 5.32 Å². The zero-order chi connectivity index (χ0) is 20.8. The van der Waals surface area contributed by atoms with Crippen LogP contribution in [0.25, 0.3) is 20.8 Å². The minimum absolute atomic E-state index is 0.110. The van der Waals surface area contributed by atoms with Crippen LogP contribution in [0.4, 0.5) is 5.69 Å². The Morgan fingerprint density at radius 2 is 1.63 bits per heavy atom. The molecule has 1 N–H and O–H groups in total. The molecule has 4 rings (SSSR count). The van der Waals surface area contributed by atoms with E-state index in [1.807, 2.05) is 73.7 Å². The summed E-state index contributed by atoms with van der Waals surface area (Å²) < 4.78 is 12.5. The van der Waals surface area contributed by atoms with Crippen molar-refractivity contribution in [1.29, 1.82) is 0 Å². The Balaban J connectivity index is 1.47. The molecule has 1 aromatic heterocycles. The predicted molar refractivity (Wildman–Crippen MR) is 121 cm³/mol. The Morgan fingerprint density at radius 1 is 0.933 bits per heavy atom. The molecule has 6 heteroatoms. The van der Waals surface area contributed by atoms with Crippen LogP contribution in [0, 0.1) is 0 Å². The number of nitrogens with one attached hydrogen (secondary N) is 1. The molecule has 0 bridgehead atoms. The summed E-state index contributed by atoms with van der Waals surface area (Å²) in [5.41, 5.74) is 2.55. The van der Waals surface area contributed by atoms with Gasteiger partial charge in [-0.2, -0.15) is 0 Å². The van der Waals surface area contributed by atoms with Gasteiger partial charge >= 0.3 is 0 Å². The number of aromatic nitrogens is 1. The van der Waals surface area contributed by atoms with Gasteiger partial charge in [-0.05, 0) is 42.8 Å². The van der Waals surface area contributed by atoms with Crippen LogP contribution in [0.15, 0.2) is 72.8 Å². The third-order valence-electron chi connectivity index (χ3n) is 4.40. The minimum atomic E-state index is -0.242. The number of benzene rings is 3. The van der Waals surface area contributed by atoms with Crippen molar-refractivity contribution in [3.8, 4) is 22.1 Å². The van der Waals surface area contributed by atoms with E-state index in [-0.39, 0.29) is 12.5 Å². The van der Waals surface area contributed by atoms with Crippen molar-refractivity contribution in [3.63, 3.8) is 0 Å². The van der Waals surface area contributed by atoms with Crippen LogP contribution in [0.5, 0.6) is 11.5 Å². The lowest BCUT2D eigenvalue weighted by atomic mass is 10.2. The molecule has 5 nitrogen and oxygen atoms in total. The summed E-state index contributed by atoms with van der Waals surface area (Å²) in [5.74, 6) is 0.955. The highest BCUT2D eigenvalue weighted by atomic mass is 32.1. The highest BCUT2D eigenvalue weighted by molar-refractivity contribution is 7.21. The molecule has 0 unspecified atom stereocenters. The van der Waals surface area contributed by atoms with Crippen molar-refractivity contribution < 1.29 is 14.3 Å². The molecule has 0 radical (unpaired) electrons. The molecule has 1 heterocycles. The molecule has 1 amide bonds. The average molecular weight is 419 g/mol. The van der Waals surface area contributed by atoms with E-state index in [9.17, 15) is 4.79 Å². The molecule has 0 atom stereocenters. The van der Waals surface area contributed by atoms with Gasteiger partial charge in [0.25, 0.3) is 5.91 Å². The van der Waals surface area contributed by atoms with Gasteiger partial charge < -0.3 is 14.8 Å². The molecule has 0 saturated heterocycles. The van der Waals surface area contributed by atoms with Gasteiger partial charge in [0.05, 0.1) is 22.5 Å². The van der Waals surface area contributed by atoms with Gasteiger partial charge in [0.15, 0.2) is 18.1 Å². The predicted octanol–water partition coefficient (Wildman–Crippen LogP) is 5.77. The summed E-state index contributed by atoms with van der Waals surface area (Å²) in [6.07, 6.45) is 0.900. The van der Waals surface area contributed by atoms with Gasteiger partial charge in [0, 0.05) is 5.56 Å². The SMILES string of the molecule is CCCOc1ccccc1OCC(=O)Nc1ccccc1-c1nc2ccccc2s1.